The fourth-order valence-corrected chi connectivity index (χ4v) is 0.250. The normalized spacial score (nSPS) is 6.67. The Bertz CT molecular complexity index is 25.0. The number of halogens is 1. The molecule has 2 nitrogen and oxygen atoms in total. The molecule has 0 saturated carbocycles. The maximum absolute atomic E-state index is 3.49. The minimum Gasteiger partial charge on any atom is -1.00 e. The Hall–Kier alpha value is 0.210. The van der Waals surface area contributed by atoms with Gasteiger partial charge in [0.05, 0.1) is 6.54 Å². The molecule has 0 rings (SSSR count). The van der Waals surface area contributed by atoms with Crippen LogP contribution in [0.15, 0.2) is 0 Å². The molecule has 0 aliphatic carbocycles. The molecule has 0 bridgehead atoms. The van der Waals surface area contributed by atoms with E-state index in [4.69, 9.17) is 0 Å². The molecule has 0 aromatic heterocycles. The molecule has 0 amide bonds. The summed E-state index contributed by atoms with van der Waals surface area (Å²) in [5.41, 5.74) is 3.49. The van der Waals surface area contributed by atoms with Crippen molar-refractivity contribution in [2.45, 2.75) is 20.8 Å². The maximum Gasteiger partial charge on any atom is 0.0711 e. The van der Waals surface area contributed by atoms with Crippen LogP contribution < -0.4 is 23.5 Å². The SMILES string of the molecule is CCNCC.CC[NH3+].[Cl-]. The van der Waals surface area contributed by atoms with E-state index in [1.54, 1.807) is 0 Å². The van der Waals surface area contributed by atoms with E-state index >= 15 is 0 Å². The fraction of sp³-hybridized carbons (Fsp3) is 1.00. The van der Waals surface area contributed by atoms with Gasteiger partial charge >= 0.3 is 0 Å². The zero-order valence-corrected chi connectivity index (χ0v) is 7.46. The van der Waals surface area contributed by atoms with Gasteiger partial charge in [0.2, 0.25) is 0 Å². The molecule has 0 aliphatic heterocycles. The van der Waals surface area contributed by atoms with E-state index < -0.39 is 0 Å². The molecule has 60 valence electrons. The molecule has 0 fully saturated rings. The number of nitrogens with one attached hydrogen (secondary N) is 1. The lowest BCUT2D eigenvalue weighted by Gasteiger charge is -1.86. The van der Waals surface area contributed by atoms with Gasteiger partial charge < -0.3 is 23.5 Å². The van der Waals surface area contributed by atoms with Crippen LogP contribution >= 0.6 is 0 Å². The van der Waals surface area contributed by atoms with Gasteiger partial charge in [0.25, 0.3) is 0 Å². The van der Waals surface area contributed by atoms with Crippen LogP contribution in [0.5, 0.6) is 0 Å². The van der Waals surface area contributed by atoms with E-state index in [1.807, 2.05) is 6.92 Å². The molecule has 0 atom stereocenters. The molecule has 0 spiro atoms. The topological polar surface area (TPSA) is 39.7 Å². The molecule has 0 radical (unpaired) electrons. The smallest absolute Gasteiger partial charge is 0.0711 e. The van der Waals surface area contributed by atoms with Crippen molar-refractivity contribution < 1.29 is 18.1 Å². The summed E-state index contributed by atoms with van der Waals surface area (Å²) in [7, 11) is 0. The fourth-order valence-electron chi connectivity index (χ4n) is 0.250. The first-order chi connectivity index (χ1) is 3.83. The van der Waals surface area contributed by atoms with Crippen molar-refractivity contribution in [2.75, 3.05) is 19.6 Å². The van der Waals surface area contributed by atoms with Crippen LogP contribution in [0.2, 0.25) is 0 Å². The Labute approximate surface area is 64.6 Å². The summed E-state index contributed by atoms with van der Waals surface area (Å²) in [6, 6.07) is 0. The molecule has 0 aliphatic rings. The Morgan fingerprint density at radius 1 is 1.11 bits per heavy atom. The van der Waals surface area contributed by atoms with Crippen LogP contribution in [0.4, 0.5) is 0 Å². The van der Waals surface area contributed by atoms with Crippen LogP contribution in [0.25, 0.3) is 0 Å². The van der Waals surface area contributed by atoms with E-state index in [0.29, 0.717) is 0 Å². The van der Waals surface area contributed by atoms with Crippen molar-refractivity contribution in [2.24, 2.45) is 0 Å². The van der Waals surface area contributed by atoms with Crippen molar-refractivity contribution in [3.63, 3.8) is 0 Å². The van der Waals surface area contributed by atoms with Crippen molar-refractivity contribution in [1.29, 1.82) is 0 Å². The summed E-state index contributed by atoms with van der Waals surface area (Å²) in [6.07, 6.45) is 0. The molecular formula is C6H19ClN2. The summed E-state index contributed by atoms with van der Waals surface area (Å²) in [5.74, 6) is 0. The molecule has 3 heteroatoms. The third kappa shape index (κ3) is 64.8. The highest BCUT2D eigenvalue weighted by atomic mass is 35.5. The van der Waals surface area contributed by atoms with Crippen LogP contribution in [0.3, 0.4) is 0 Å². The first-order valence-electron chi connectivity index (χ1n) is 3.33. The largest absolute Gasteiger partial charge is 1.00 e. The van der Waals surface area contributed by atoms with E-state index in [0.717, 1.165) is 19.6 Å². The van der Waals surface area contributed by atoms with Gasteiger partial charge in [-0.05, 0) is 20.0 Å². The molecule has 0 unspecified atom stereocenters. The third-order valence-corrected chi connectivity index (χ3v) is 0.500. The van der Waals surface area contributed by atoms with Crippen LogP contribution in [0, 0.1) is 0 Å². The number of quaternary nitrogens is 1. The lowest BCUT2D eigenvalue weighted by molar-refractivity contribution is -0.361. The quantitative estimate of drug-likeness (QED) is 0.434. The zero-order chi connectivity index (χ0) is 6.83. The summed E-state index contributed by atoms with van der Waals surface area (Å²) >= 11 is 0. The molecule has 0 heterocycles. The van der Waals surface area contributed by atoms with Crippen LogP contribution in [-0.2, 0) is 0 Å². The van der Waals surface area contributed by atoms with Crippen LogP contribution in [0.1, 0.15) is 20.8 Å². The van der Waals surface area contributed by atoms with E-state index in [1.165, 1.54) is 0 Å². The molecule has 9 heavy (non-hydrogen) atoms. The minimum atomic E-state index is 0. The minimum absolute atomic E-state index is 0. The first-order valence-corrected chi connectivity index (χ1v) is 3.33. The molecular weight excluding hydrogens is 136 g/mol. The zero-order valence-electron chi connectivity index (χ0n) is 6.71. The predicted octanol–water partition coefficient (Wildman–Crippen LogP) is -3.13. The second kappa shape index (κ2) is 24.1. The average molecular weight is 155 g/mol. The highest BCUT2D eigenvalue weighted by molar-refractivity contribution is 4.27. The lowest BCUT2D eigenvalue weighted by atomic mass is 10.7. The predicted molar refractivity (Wildman–Crippen MR) is 37.6 cm³/mol. The summed E-state index contributed by atoms with van der Waals surface area (Å²) < 4.78 is 0. The molecule has 0 aromatic carbocycles. The molecule has 0 aromatic rings. The second-order valence-corrected chi connectivity index (χ2v) is 1.46. The second-order valence-electron chi connectivity index (χ2n) is 1.46. The van der Waals surface area contributed by atoms with Gasteiger partial charge in [-0.25, -0.2) is 0 Å². The first kappa shape index (κ1) is 16.1. The highest BCUT2D eigenvalue weighted by Crippen LogP contribution is 1.47. The summed E-state index contributed by atoms with van der Waals surface area (Å²) in [4.78, 5) is 0. The van der Waals surface area contributed by atoms with Crippen molar-refractivity contribution in [3.05, 3.63) is 0 Å². The van der Waals surface area contributed by atoms with Gasteiger partial charge in [-0.3, -0.25) is 0 Å². The van der Waals surface area contributed by atoms with E-state index in [9.17, 15) is 0 Å². The van der Waals surface area contributed by atoms with Crippen LogP contribution in [-0.4, -0.2) is 19.6 Å². The van der Waals surface area contributed by atoms with Gasteiger partial charge in [0, 0.05) is 0 Å². The Morgan fingerprint density at radius 3 is 1.33 bits per heavy atom. The van der Waals surface area contributed by atoms with Crippen molar-refractivity contribution >= 4 is 0 Å². The van der Waals surface area contributed by atoms with E-state index in [2.05, 4.69) is 24.9 Å². The van der Waals surface area contributed by atoms with Gasteiger partial charge in [0.15, 0.2) is 0 Å². The van der Waals surface area contributed by atoms with Gasteiger partial charge in [-0.15, -0.1) is 0 Å². The molecule has 4 N–H and O–H groups in total. The summed E-state index contributed by atoms with van der Waals surface area (Å²) in [5, 5.41) is 3.11. The Morgan fingerprint density at radius 2 is 1.33 bits per heavy atom. The van der Waals surface area contributed by atoms with Crippen molar-refractivity contribution in [1.82, 2.24) is 5.32 Å². The Balaban J connectivity index is -0.0000000800. The number of rotatable bonds is 2. The van der Waals surface area contributed by atoms with Gasteiger partial charge in [-0.1, -0.05) is 13.8 Å². The van der Waals surface area contributed by atoms with Crippen molar-refractivity contribution in [3.8, 4) is 0 Å². The van der Waals surface area contributed by atoms with Gasteiger partial charge in [-0.2, -0.15) is 0 Å². The average Bonchev–Trinajstić information content (AvgIpc) is 1.71. The Kier molecular flexibility index (Phi) is 43.1. The summed E-state index contributed by atoms with van der Waals surface area (Å²) in [6.45, 7) is 9.40. The highest BCUT2D eigenvalue weighted by Gasteiger charge is 1.62. The third-order valence-electron chi connectivity index (χ3n) is 0.500. The number of hydrogen-bond acceptors (Lipinski definition) is 1. The standard InChI is InChI=1S/C4H11N.C2H7N.ClH/c1-3-5-4-2;1-2-3;/h5H,3-4H2,1-2H3;2-3H2,1H3;1H. The van der Waals surface area contributed by atoms with Gasteiger partial charge in [0.1, 0.15) is 0 Å². The molecule has 0 saturated heterocycles. The monoisotopic (exact) mass is 154 g/mol. The van der Waals surface area contributed by atoms with E-state index in [-0.39, 0.29) is 12.4 Å². The lowest BCUT2D eigenvalue weighted by Crippen LogP contribution is -3.00. The maximum atomic E-state index is 3.49. The number of hydrogen-bond donors (Lipinski definition) is 2.